The van der Waals surface area contributed by atoms with E-state index >= 15 is 0 Å². The van der Waals surface area contributed by atoms with Gasteiger partial charge in [-0.1, -0.05) is 37.6 Å². The van der Waals surface area contributed by atoms with Gasteiger partial charge in [0.05, 0.1) is 6.10 Å². The Morgan fingerprint density at radius 3 is 2.71 bits per heavy atom. The van der Waals surface area contributed by atoms with Crippen LogP contribution in [0.1, 0.15) is 43.4 Å². The molecule has 0 unspecified atom stereocenters. The molecule has 92 valence electrons. The number of hydrogen-bond acceptors (Lipinski definition) is 2. The molecule has 0 radical (unpaired) electrons. The summed E-state index contributed by atoms with van der Waals surface area (Å²) in [6, 6.07) is 6.36. The number of hydrogen-bond donors (Lipinski definition) is 1. The molecule has 2 heteroatoms. The maximum Gasteiger partial charge on any atom is 0.117 e. The van der Waals surface area contributed by atoms with Crippen LogP contribution >= 0.6 is 0 Å². The highest BCUT2D eigenvalue weighted by atomic mass is 16.6. The van der Waals surface area contributed by atoms with Crippen LogP contribution in [0.4, 0.5) is 0 Å². The fourth-order valence-corrected chi connectivity index (χ4v) is 3.34. The van der Waals surface area contributed by atoms with E-state index in [1.165, 1.54) is 11.1 Å². The van der Waals surface area contributed by atoms with Crippen molar-refractivity contribution < 1.29 is 9.84 Å². The molecule has 1 N–H and O–H groups in total. The third kappa shape index (κ3) is 1.47. The smallest absolute Gasteiger partial charge is 0.117 e. The van der Waals surface area contributed by atoms with Crippen molar-refractivity contribution >= 4 is 0 Å². The molecule has 1 aromatic carbocycles. The summed E-state index contributed by atoms with van der Waals surface area (Å²) in [4.78, 5) is 0. The molecule has 4 atom stereocenters. The van der Waals surface area contributed by atoms with Crippen molar-refractivity contribution in [3.05, 3.63) is 34.9 Å². The minimum atomic E-state index is -0.820. The van der Waals surface area contributed by atoms with E-state index in [1.54, 1.807) is 0 Å². The summed E-state index contributed by atoms with van der Waals surface area (Å²) < 4.78 is 5.74. The number of ether oxygens (including phenoxy) is 1. The van der Waals surface area contributed by atoms with Crippen molar-refractivity contribution in [2.75, 3.05) is 0 Å². The molecule has 0 saturated carbocycles. The molecular formula is C15H20O2. The second kappa shape index (κ2) is 3.33. The fourth-order valence-electron chi connectivity index (χ4n) is 3.34. The van der Waals surface area contributed by atoms with Gasteiger partial charge in [0.25, 0.3) is 0 Å². The number of aryl methyl sites for hydroxylation is 1. The van der Waals surface area contributed by atoms with E-state index in [0.717, 1.165) is 5.56 Å². The monoisotopic (exact) mass is 232 g/mol. The lowest BCUT2D eigenvalue weighted by molar-refractivity contribution is 0.0235. The van der Waals surface area contributed by atoms with Gasteiger partial charge in [-0.25, -0.2) is 0 Å². The van der Waals surface area contributed by atoms with E-state index in [-0.39, 0.29) is 12.2 Å². The van der Waals surface area contributed by atoms with Gasteiger partial charge in [0.1, 0.15) is 11.7 Å². The molecule has 3 rings (SSSR count). The molecule has 1 heterocycles. The molecule has 0 amide bonds. The zero-order valence-electron chi connectivity index (χ0n) is 10.9. The lowest BCUT2D eigenvalue weighted by Crippen LogP contribution is -2.38. The lowest BCUT2D eigenvalue weighted by Gasteiger charge is -2.34. The van der Waals surface area contributed by atoms with E-state index in [9.17, 15) is 5.11 Å². The van der Waals surface area contributed by atoms with Crippen molar-refractivity contribution in [3.8, 4) is 0 Å². The summed E-state index contributed by atoms with van der Waals surface area (Å²) in [6.45, 7) is 8.44. The number of rotatable bonds is 1. The standard InChI is InChI=1S/C15H20O2/c1-8(2)12-10-7-9(3)5-6-11(10)15(4,16)14-13(12)17-14/h5-8,12-14,16H,1-4H3/t12-,13-,14-,15+/m0/s1. The first kappa shape index (κ1) is 11.2. The summed E-state index contributed by atoms with van der Waals surface area (Å²) in [7, 11) is 0. The highest BCUT2D eigenvalue weighted by molar-refractivity contribution is 5.45. The van der Waals surface area contributed by atoms with Crippen molar-refractivity contribution in [1.29, 1.82) is 0 Å². The van der Waals surface area contributed by atoms with Crippen LogP contribution in [-0.4, -0.2) is 17.3 Å². The molecule has 1 aliphatic heterocycles. The minimum absolute atomic E-state index is 0.00916. The summed E-state index contributed by atoms with van der Waals surface area (Å²) in [6.07, 6.45) is 0.199. The van der Waals surface area contributed by atoms with Gasteiger partial charge in [-0.2, -0.15) is 0 Å². The Hall–Kier alpha value is -0.860. The third-order valence-corrected chi connectivity index (χ3v) is 4.26. The second-order valence-corrected chi connectivity index (χ2v) is 6.03. The zero-order chi connectivity index (χ0) is 12.4. The molecule has 1 saturated heterocycles. The normalized spacial score (nSPS) is 38.8. The zero-order valence-corrected chi connectivity index (χ0v) is 10.9. The first-order chi connectivity index (χ1) is 7.93. The highest BCUT2D eigenvalue weighted by Gasteiger charge is 2.60. The van der Waals surface area contributed by atoms with Gasteiger partial charge >= 0.3 is 0 Å². The number of benzene rings is 1. The molecule has 2 aliphatic rings. The Morgan fingerprint density at radius 2 is 2.06 bits per heavy atom. The summed E-state index contributed by atoms with van der Waals surface area (Å²) in [5.74, 6) is 0.969. The Labute approximate surface area is 103 Å². The third-order valence-electron chi connectivity index (χ3n) is 4.26. The van der Waals surface area contributed by atoms with E-state index in [1.807, 2.05) is 6.92 Å². The van der Waals surface area contributed by atoms with Crippen LogP contribution in [0.2, 0.25) is 0 Å². The van der Waals surface area contributed by atoms with Crippen LogP contribution in [0.15, 0.2) is 18.2 Å². The molecule has 1 aromatic rings. The number of aliphatic hydroxyl groups is 1. The lowest BCUT2D eigenvalue weighted by atomic mass is 9.71. The Morgan fingerprint density at radius 1 is 1.35 bits per heavy atom. The van der Waals surface area contributed by atoms with Gasteiger partial charge in [0, 0.05) is 5.92 Å². The van der Waals surface area contributed by atoms with E-state index in [2.05, 4.69) is 39.0 Å². The Balaban J connectivity index is 2.18. The van der Waals surface area contributed by atoms with Gasteiger partial charge in [-0.15, -0.1) is 0 Å². The summed E-state index contributed by atoms with van der Waals surface area (Å²) in [5, 5.41) is 10.6. The summed E-state index contributed by atoms with van der Waals surface area (Å²) in [5.41, 5.74) is 2.77. The summed E-state index contributed by atoms with van der Waals surface area (Å²) >= 11 is 0. The Bertz CT molecular complexity index is 462. The van der Waals surface area contributed by atoms with Crippen LogP contribution in [0, 0.1) is 12.8 Å². The van der Waals surface area contributed by atoms with Crippen molar-refractivity contribution in [1.82, 2.24) is 0 Å². The van der Waals surface area contributed by atoms with Crippen molar-refractivity contribution in [3.63, 3.8) is 0 Å². The highest BCUT2D eigenvalue weighted by Crippen LogP contribution is 2.54. The molecule has 17 heavy (non-hydrogen) atoms. The van der Waals surface area contributed by atoms with Gasteiger partial charge < -0.3 is 9.84 Å². The fraction of sp³-hybridized carbons (Fsp3) is 0.600. The molecule has 1 aliphatic carbocycles. The largest absolute Gasteiger partial charge is 0.383 e. The van der Waals surface area contributed by atoms with Gasteiger partial charge in [0.15, 0.2) is 0 Å². The first-order valence-corrected chi connectivity index (χ1v) is 6.42. The Kier molecular flexibility index (Phi) is 2.20. The topological polar surface area (TPSA) is 32.8 Å². The van der Waals surface area contributed by atoms with Crippen LogP contribution < -0.4 is 0 Å². The number of fused-ring (bicyclic) bond motifs is 2. The van der Waals surface area contributed by atoms with Gasteiger partial charge in [-0.05, 0) is 30.9 Å². The molecule has 0 bridgehead atoms. The van der Waals surface area contributed by atoms with Crippen LogP contribution in [-0.2, 0) is 10.3 Å². The van der Waals surface area contributed by atoms with Crippen LogP contribution in [0.25, 0.3) is 0 Å². The molecule has 1 fully saturated rings. The van der Waals surface area contributed by atoms with Crippen molar-refractivity contribution in [2.45, 2.75) is 51.4 Å². The SMILES string of the molecule is Cc1ccc2c(c1)[C@H](C(C)C)[C@@H]1O[C@@H]1[C@]2(C)O. The minimum Gasteiger partial charge on any atom is -0.383 e. The first-order valence-electron chi connectivity index (χ1n) is 6.42. The predicted molar refractivity (Wildman–Crippen MR) is 67.0 cm³/mol. The van der Waals surface area contributed by atoms with Crippen molar-refractivity contribution in [2.24, 2.45) is 5.92 Å². The molecule has 2 nitrogen and oxygen atoms in total. The average molecular weight is 232 g/mol. The maximum atomic E-state index is 10.6. The van der Waals surface area contributed by atoms with E-state index < -0.39 is 5.60 Å². The number of epoxide rings is 1. The maximum absolute atomic E-state index is 10.6. The van der Waals surface area contributed by atoms with Crippen LogP contribution in [0.3, 0.4) is 0 Å². The molecule has 0 spiro atoms. The van der Waals surface area contributed by atoms with E-state index in [0.29, 0.717) is 11.8 Å². The quantitative estimate of drug-likeness (QED) is 0.755. The molecular weight excluding hydrogens is 212 g/mol. The second-order valence-electron chi connectivity index (χ2n) is 6.03. The molecule has 0 aromatic heterocycles. The average Bonchev–Trinajstić information content (AvgIpc) is 2.97. The van der Waals surface area contributed by atoms with E-state index in [4.69, 9.17) is 4.74 Å². The van der Waals surface area contributed by atoms with Crippen LogP contribution in [0.5, 0.6) is 0 Å². The predicted octanol–water partition coefficient (Wildman–Crippen LogP) is 2.72. The van der Waals surface area contributed by atoms with Gasteiger partial charge in [0.2, 0.25) is 0 Å². The van der Waals surface area contributed by atoms with Gasteiger partial charge in [-0.3, -0.25) is 0 Å².